The fraction of sp³-hybridized carbons (Fsp3) is 0.0351. The van der Waals surface area contributed by atoms with Gasteiger partial charge < -0.3 is 69.8 Å². The number of para-hydroxylation sites is 6. The van der Waals surface area contributed by atoms with Crippen LogP contribution in [0.3, 0.4) is 0 Å². The second-order valence-corrected chi connectivity index (χ2v) is 33.9. The number of hydrogen-bond acceptors (Lipinski definition) is 14. The van der Waals surface area contributed by atoms with E-state index in [1.165, 1.54) is 0 Å². The van der Waals surface area contributed by atoms with Crippen LogP contribution in [0.1, 0.15) is 22.3 Å². The van der Waals surface area contributed by atoms with Gasteiger partial charge in [-0.1, -0.05) is 267 Å². The van der Waals surface area contributed by atoms with Gasteiger partial charge in [0.05, 0.1) is 22.4 Å². The SMILES string of the molecule is Cc1c(C)c2nc3nc(nc4[n-]c(nc5nc(nc1[n-]2)c(-c1ccccc1)n5-c1ccccc1)c(C)c4C)n(-c1ccccc1)c3-c1ccccc1.[Cu+2].[Pt+2].[Pt+2].c1ccc(-n2cc3cc4[n-]c(cc5nc(cc6[n-]c(cc2n3)c2ccccc62)cn5-c2ccccc2)c2ccccc42)cc1.c1ccc(-n2cc3nc4[n-]c(nc5cn(-c6ccccc6)c(n5)nc5[n-]c(nc2n3)c2ccccc52)c2ccccc42)cc1. The summed E-state index contributed by atoms with van der Waals surface area (Å²) >= 11 is 0. The van der Waals surface area contributed by atoms with Gasteiger partial charge in [0.25, 0.3) is 0 Å². The van der Waals surface area contributed by atoms with Crippen LogP contribution in [0, 0.1) is 27.7 Å². The van der Waals surface area contributed by atoms with Gasteiger partial charge in [-0.05, 0) is 190 Å². The number of aryl methyl sites for hydroxylation is 4. The largest absolute Gasteiger partial charge is 2.00 e. The molecule has 0 aliphatic carbocycles. The summed E-state index contributed by atoms with van der Waals surface area (Å²) < 4.78 is 12.1. The molecule has 143 heavy (non-hydrogen) atoms. The second-order valence-electron chi connectivity index (χ2n) is 33.9. The normalized spacial score (nSPS) is 11.3. The van der Waals surface area contributed by atoms with Crippen molar-refractivity contribution < 1.29 is 59.2 Å². The molecule has 29 heteroatoms. The number of aromatic nitrogens is 26. The van der Waals surface area contributed by atoms with Crippen LogP contribution in [0.4, 0.5) is 0 Å². The minimum Gasteiger partial charge on any atom is -0.657 e. The standard InChI is InChI=1S/C42H32N10.C38H24N6.C34H20N10.Cu.2Pt/c1-25-26(2)36-43-35(25)45-39-33(29-17-9-5-10-18-29)51(31-21-13-7-14-22-31)41(49-39)47-37-27(3)28(4)38(44-37)48-42-50-40(46-36)34(30-19-11-6-12-20-30)52(42)32-23-15-8-16-24-32;1-3-11-27(12-4-1)43-23-25-19-33-30-16-8-10-18-32(30)36(42-33)22-38-40-26(24-44(38)28-13-5-2-6-14-28)20-34-29-15-7-9-17-31(29)35(41-34)21-37(43)39-25;1-3-11-21(12-4-1)43-19-27-35-29-23-15-7-8-16-24(23)30(39-29)36-28-20-44(22-13-5-2-6-14-22)34(38-28)42-32-26-18-10-9-17-25(26)31(40-32)41-33(43)37-27;;;/h5-24H,1-4H3;1-24H;1-20H;;;/q3*-2;3*+2. The summed E-state index contributed by atoms with van der Waals surface area (Å²) in [6.45, 7) is 8.04. The quantitative estimate of drug-likeness (QED) is 0.128. The van der Waals surface area contributed by atoms with Crippen molar-refractivity contribution in [3.63, 3.8) is 0 Å². The summed E-state index contributed by atoms with van der Waals surface area (Å²) in [5.41, 5.74) is 25.4. The third-order valence-electron chi connectivity index (χ3n) is 25.2. The van der Waals surface area contributed by atoms with E-state index in [0.29, 0.717) is 90.9 Å². The Morgan fingerprint density at radius 1 is 0.203 bits per heavy atom. The second kappa shape index (κ2) is 38.3. The predicted molar refractivity (Wildman–Crippen MR) is 554 cm³/mol. The Bertz CT molecular complexity index is 9150. The molecule has 0 saturated heterocycles. The molecule has 26 nitrogen and oxygen atoms in total. The Labute approximate surface area is 853 Å². The molecule has 0 spiro atoms. The zero-order chi connectivity index (χ0) is 93.4. The molecule has 24 bridgehead atoms. The van der Waals surface area contributed by atoms with Gasteiger partial charge in [0.2, 0.25) is 0 Å². The van der Waals surface area contributed by atoms with E-state index in [2.05, 4.69) is 143 Å². The summed E-state index contributed by atoms with van der Waals surface area (Å²) in [5.74, 6) is 1.75. The third kappa shape index (κ3) is 17.1. The molecule has 15 aromatic heterocycles. The van der Waals surface area contributed by atoms with Crippen LogP contribution < -0.4 is 29.9 Å². The summed E-state index contributed by atoms with van der Waals surface area (Å²) in [6.07, 6.45) is 7.85. The molecular weight excluding hydrogens is 2190 g/mol. The van der Waals surface area contributed by atoms with Gasteiger partial charge in [-0.2, -0.15) is 0 Å². The first-order chi connectivity index (χ1) is 69.0. The molecule has 27 rings (SSSR count). The number of benzene rings is 12. The van der Waals surface area contributed by atoms with Gasteiger partial charge in [-0.15, -0.1) is 22.1 Å². The van der Waals surface area contributed by atoms with Crippen LogP contribution >= 0.6 is 0 Å². The Morgan fingerprint density at radius 2 is 0.455 bits per heavy atom. The van der Waals surface area contributed by atoms with Gasteiger partial charge in [-0.25, -0.2) is 29.9 Å². The molecule has 12 aromatic carbocycles. The first-order valence-corrected chi connectivity index (χ1v) is 45.7. The molecule has 1 radical (unpaired) electrons. The monoisotopic (exact) mass is 2260 g/mol. The maximum absolute atomic E-state index is 5.15. The van der Waals surface area contributed by atoms with Crippen molar-refractivity contribution in [3.05, 3.63) is 411 Å². The van der Waals surface area contributed by atoms with E-state index in [0.717, 1.165) is 166 Å². The average Bonchev–Trinajstić information content (AvgIpc) is 1.60. The van der Waals surface area contributed by atoms with Crippen LogP contribution in [0.2, 0.25) is 0 Å². The summed E-state index contributed by atoms with van der Waals surface area (Å²) in [7, 11) is 0. The molecule has 0 saturated carbocycles. The van der Waals surface area contributed by atoms with Crippen molar-refractivity contribution in [2.45, 2.75) is 27.7 Å². The van der Waals surface area contributed by atoms with E-state index < -0.39 is 0 Å². The molecule has 15 heterocycles. The van der Waals surface area contributed by atoms with E-state index >= 15 is 0 Å². The molecule has 693 valence electrons. The van der Waals surface area contributed by atoms with Crippen molar-refractivity contribution in [1.82, 2.24) is 127 Å². The Balaban J connectivity index is 0.000000122. The number of imidazole rings is 6. The molecular formula is C114H76CuN26Pt2. The van der Waals surface area contributed by atoms with Crippen molar-refractivity contribution in [1.29, 1.82) is 0 Å². The zero-order valence-corrected chi connectivity index (χ0v) is 82.0. The summed E-state index contributed by atoms with van der Waals surface area (Å²) in [4.78, 5) is 100. The van der Waals surface area contributed by atoms with Gasteiger partial charge in [0, 0.05) is 115 Å². The third-order valence-corrected chi connectivity index (χ3v) is 25.2. The predicted octanol–water partition coefficient (Wildman–Crippen LogP) is 23.1. The van der Waals surface area contributed by atoms with Crippen LogP contribution in [0.5, 0.6) is 0 Å². The number of nitrogens with zero attached hydrogens (tertiary/aromatic N) is 26. The van der Waals surface area contributed by atoms with E-state index in [-0.39, 0.29) is 59.2 Å². The molecule has 0 fully saturated rings. The van der Waals surface area contributed by atoms with E-state index in [4.69, 9.17) is 99.7 Å². The minimum atomic E-state index is 0. The van der Waals surface area contributed by atoms with Gasteiger partial charge in [0.15, 0.2) is 23.1 Å². The number of fused-ring (bicyclic) bond motifs is 36. The zero-order valence-electron chi connectivity index (χ0n) is 76.5. The van der Waals surface area contributed by atoms with Crippen LogP contribution in [0.15, 0.2) is 389 Å². The van der Waals surface area contributed by atoms with Crippen molar-refractivity contribution in [2.75, 3.05) is 0 Å². The summed E-state index contributed by atoms with van der Waals surface area (Å²) in [5, 5.41) is 7.71. The Hall–Kier alpha value is -17.6. The number of rotatable bonds is 8. The first-order valence-electron chi connectivity index (χ1n) is 45.7. The molecule has 0 amide bonds. The van der Waals surface area contributed by atoms with E-state index in [1.807, 2.05) is 301 Å². The van der Waals surface area contributed by atoms with Crippen molar-refractivity contribution >= 4 is 178 Å². The molecule has 27 aromatic rings. The van der Waals surface area contributed by atoms with Crippen molar-refractivity contribution in [2.24, 2.45) is 0 Å². The van der Waals surface area contributed by atoms with Crippen LogP contribution in [-0.2, 0) is 59.2 Å². The molecule has 0 N–H and O–H groups in total. The van der Waals surface area contributed by atoms with Crippen molar-refractivity contribution in [3.8, 4) is 56.6 Å². The molecule has 0 aliphatic rings. The van der Waals surface area contributed by atoms with E-state index in [1.54, 1.807) is 0 Å². The van der Waals surface area contributed by atoms with Crippen LogP contribution in [0.25, 0.3) is 235 Å². The van der Waals surface area contributed by atoms with E-state index in [9.17, 15) is 0 Å². The van der Waals surface area contributed by atoms with Gasteiger partial charge >= 0.3 is 59.2 Å². The Kier molecular flexibility index (Phi) is 24.2. The number of hydrogen-bond donors (Lipinski definition) is 0. The molecule has 0 aliphatic heterocycles. The van der Waals surface area contributed by atoms with Gasteiger partial charge in [-0.3, -0.25) is 27.4 Å². The fourth-order valence-corrected chi connectivity index (χ4v) is 18.0. The maximum atomic E-state index is 5.15. The van der Waals surface area contributed by atoms with Crippen LogP contribution in [-0.4, -0.2) is 97.2 Å². The minimum absolute atomic E-state index is 0. The molecule has 0 unspecified atom stereocenters. The topological polar surface area (TPSA) is 295 Å². The molecule has 0 atom stereocenters. The first kappa shape index (κ1) is 90.5. The summed E-state index contributed by atoms with van der Waals surface area (Å²) in [6, 6.07) is 121. The maximum Gasteiger partial charge on any atom is 2.00 e. The fourth-order valence-electron chi connectivity index (χ4n) is 18.0. The average molecular weight is 2260 g/mol. The smallest absolute Gasteiger partial charge is 0.657 e. The Morgan fingerprint density at radius 3 is 0.776 bits per heavy atom. The van der Waals surface area contributed by atoms with Gasteiger partial charge in [0.1, 0.15) is 33.9 Å².